The van der Waals surface area contributed by atoms with Gasteiger partial charge in [0.05, 0.1) is 6.04 Å². The van der Waals surface area contributed by atoms with Crippen LogP contribution < -0.4 is 16.8 Å². The van der Waals surface area contributed by atoms with Gasteiger partial charge < -0.3 is 36.3 Å². The van der Waals surface area contributed by atoms with Crippen LogP contribution in [0.2, 0.25) is 0 Å². The van der Waals surface area contributed by atoms with E-state index in [4.69, 9.17) is 26.4 Å². The summed E-state index contributed by atoms with van der Waals surface area (Å²) >= 11 is 0. The molecule has 0 saturated carbocycles. The molecule has 2 atom stereocenters. The third-order valence-corrected chi connectivity index (χ3v) is 6.00. The highest BCUT2D eigenvalue weighted by atomic mass is 16.6. The SMILES string of the molecule is N=C(N)N(C[C@H](N)C(O)(C(=O)OCc1ccccc1)C(=O)OCc1ccccc1)C1CCCNC1. The minimum Gasteiger partial charge on any atom is -0.458 e. The largest absolute Gasteiger partial charge is 0.458 e. The summed E-state index contributed by atoms with van der Waals surface area (Å²) in [7, 11) is 0. The molecule has 0 radical (unpaired) electrons. The van der Waals surface area contributed by atoms with E-state index in [0.717, 1.165) is 19.4 Å². The molecule has 35 heavy (non-hydrogen) atoms. The lowest BCUT2D eigenvalue weighted by Gasteiger charge is -2.39. The molecule has 1 unspecified atom stereocenters. The summed E-state index contributed by atoms with van der Waals surface area (Å²) in [5.74, 6) is -2.72. The first kappa shape index (κ1) is 26.1. The Bertz CT molecular complexity index is 927. The van der Waals surface area contributed by atoms with Gasteiger partial charge in [0, 0.05) is 19.1 Å². The van der Waals surface area contributed by atoms with Gasteiger partial charge in [-0.1, -0.05) is 60.7 Å². The van der Waals surface area contributed by atoms with Crippen LogP contribution in [0.1, 0.15) is 24.0 Å². The summed E-state index contributed by atoms with van der Waals surface area (Å²) in [6.07, 6.45) is 1.61. The fraction of sp³-hybridized carbons (Fsp3) is 0.400. The molecule has 0 bridgehead atoms. The predicted molar refractivity (Wildman–Crippen MR) is 130 cm³/mol. The van der Waals surface area contributed by atoms with Crippen LogP contribution in [0.25, 0.3) is 0 Å². The van der Waals surface area contributed by atoms with E-state index in [2.05, 4.69) is 5.32 Å². The lowest BCUT2D eigenvalue weighted by atomic mass is 9.93. The number of hydrogen-bond acceptors (Lipinski definition) is 8. The number of benzene rings is 2. The molecule has 3 rings (SSSR count). The number of aliphatic hydroxyl groups is 1. The first-order valence-electron chi connectivity index (χ1n) is 11.5. The number of carbonyl (C=O) groups is 2. The topological polar surface area (TPSA) is 164 Å². The molecule has 0 aromatic heterocycles. The number of nitrogens with two attached hydrogens (primary N) is 2. The summed E-state index contributed by atoms with van der Waals surface area (Å²) < 4.78 is 10.6. The number of ether oxygens (including phenoxy) is 2. The normalized spacial score (nSPS) is 16.7. The molecule has 0 spiro atoms. The maximum absolute atomic E-state index is 13.1. The minimum absolute atomic E-state index is 0.163. The van der Waals surface area contributed by atoms with Gasteiger partial charge >= 0.3 is 11.9 Å². The van der Waals surface area contributed by atoms with Crippen molar-refractivity contribution in [2.45, 2.75) is 43.7 Å². The smallest absolute Gasteiger partial charge is 0.352 e. The standard InChI is InChI=1S/C25H33N5O5/c26-21(15-30(24(27)28)20-12-7-13-29-14-20)25(33,22(31)34-16-18-8-3-1-4-9-18)23(32)35-17-19-10-5-2-6-11-19/h1-6,8-11,20-21,29,33H,7,12-17,26H2,(H3,27,28)/t20?,21-/m0/s1. The molecule has 10 nitrogen and oxygen atoms in total. The third kappa shape index (κ3) is 6.78. The van der Waals surface area contributed by atoms with Crippen LogP contribution in [0.4, 0.5) is 0 Å². The van der Waals surface area contributed by atoms with Gasteiger partial charge in [-0.3, -0.25) is 5.41 Å². The van der Waals surface area contributed by atoms with Gasteiger partial charge in [0.25, 0.3) is 5.60 Å². The first-order valence-corrected chi connectivity index (χ1v) is 11.5. The second-order valence-electron chi connectivity index (χ2n) is 8.53. The van der Waals surface area contributed by atoms with Gasteiger partial charge in [-0.05, 0) is 30.5 Å². The van der Waals surface area contributed by atoms with Gasteiger partial charge in [0.1, 0.15) is 13.2 Å². The number of nitrogens with one attached hydrogen (secondary N) is 2. The van der Waals surface area contributed by atoms with Crippen LogP contribution >= 0.6 is 0 Å². The molecule has 188 valence electrons. The molecule has 2 aromatic carbocycles. The Morgan fingerprint density at radius 2 is 1.57 bits per heavy atom. The molecule has 2 aromatic rings. The van der Waals surface area contributed by atoms with Crippen LogP contribution in [0.5, 0.6) is 0 Å². The zero-order valence-corrected chi connectivity index (χ0v) is 19.6. The zero-order valence-electron chi connectivity index (χ0n) is 19.6. The van der Waals surface area contributed by atoms with Crippen molar-refractivity contribution in [3.8, 4) is 0 Å². The van der Waals surface area contributed by atoms with E-state index < -0.39 is 23.6 Å². The van der Waals surface area contributed by atoms with Crippen LogP contribution in [-0.2, 0) is 32.3 Å². The number of esters is 2. The summed E-state index contributed by atoms with van der Waals surface area (Å²) in [5.41, 5.74) is 10.6. The molecular weight excluding hydrogens is 450 g/mol. The molecule has 1 saturated heterocycles. The fourth-order valence-corrected chi connectivity index (χ4v) is 3.94. The van der Waals surface area contributed by atoms with Crippen molar-refractivity contribution in [1.29, 1.82) is 5.41 Å². The highest BCUT2D eigenvalue weighted by molar-refractivity contribution is 6.04. The summed E-state index contributed by atoms with van der Waals surface area (Å²) in [6.45, 7) is 0.851. The van der Waals surface area contributed by atoms with Gasteiger partial charge in [0.15, 0.2) is 5.96 Å². The Morgan fingerprint density at radius 3 is 2.00 bits per heavy atom. The van der Waals surface area contributed by atoms with Crippen molar-refractivity contribution in [3.05, 3.63) is 71.8 Å². The second kappa shape index (κ2) is 12.3. The van der Waals surface area contributed by atoms with E-state index in [-0.39, 0.29) is 31.8 Å². The predicted octanol–water partition coefficient (Wildman–Crippen LogP) is 0.479. The van der Waals surface area contributed by atoms with Gasteiger partial charge in [-0.2, -0.15) is 0 Å². The summed E-state index contributed by atoms with van der Waals surface area (Å²) in [6, 6.07) is 16.1. The monoisotopic (exact) mass is 483 g/mol. The van der Waals surface area contributed by atoms with E-state index in [1.807, 2.05) is 12.1 Å². The summed E-state index contributed by atoms with van der Waals surface area (Å²) in [5, 5.41) is 22.6. The van der Waals surface area contributed by atoms with Crippen molar-refractivity contribution in [2.24, 2.45) is 11.5 Å². The lowest BCUT2D eigenvalue weighted by molar-refractivity contribution is -0.188. The zero-order chi connectivity index (χ0) is 25.3. The first-order chi connectivity index (χ1) is 16.8. The lowest BCUT2D eigenvalue weighted by Crippen LogP contribution is -2.66. The molecule has 1 aliphatic rings. The highest BCUT2D eigenvalue weighted by Crippen LogP contribution is 2.20. The van der Waals surface area contributed by atoms with Gasteiger partial charge in [0.2, 0.25) is 0 Å². The molecule has 0 aliphatic carbocycles. The second-order valence-corrected chi connectivity index (χ2v) is 8.53. The van der Waals surface area contributed by atoms with Crippen LogP contribution in [0.15, 0.2) is 60.7 Å². The van der Waals surface area contributed by atoms with E-state index in [9.17, 15) is 14.7 Å². The Hall–Kier alpha value is -3.47. The van der Waals surface area contributed by atoms with Crippen molar-refractivity contribution >= 4 is 17.9 Å². The Kier molecular flexibility index (Phi) is 9.18. The number of guanidine groups is 1. The van der Waals surface area contributed by atoms with Gasteiger partial charge in [-0.15, -0.1) is 0 Å². The quantitative estimate of drug-likeness (QED) is 0.140. The molecule has 1 heterocycles. The molecule has 10 heteroatoms. The van der Waals surface area contributed by atoms with E-state index >= 15 is 0 Å². The molecule has 0 amide bonds. The van der Waals surface area contributed by atoms with E-state index in [1.165, 1.54) is 4.90 Å². The molecule has 1 aliphatic heterocycles. The van der Waals surface area contributed by atoms with Crippen LogP contribution in [0.3, 0.4) is 0 Å². The van der Waals surface area contributed by atoms with Crippen molar-refractivity contribution < 1.29 is 24.2 Å². The third-order valence-electron chi connectivity index (χ3n) is 6.00. The number of piperidine rings is 1. The minimum atomic E-state index is -2.81. The Labute approximate surface area is 204 Å². The Balaban J connectivity index is 1.79. The number of rotatable bonds is 10. The number of carbonyl (C=O) groups excluding carboxylic acids is 2. The van der Waals surface area contributed by atoms with Crippen LogP contribution in [-0.4, -0.2) is 65.2 Å². The van der Waals surface area contributed by atoms with Crippen molar-refractivity contribution in [2.75, 3.05) is 19.6 Å². The van der Waals surface area contributed by atoms with Gasteiger partial charge in [-0.25, -0.2) is 9.59 Å². The molecule has 1 fully saturated rings. The molecule has 7 N–H and O–H groups in total. The van der Waals surface area contributed by atoms with Crippen molar-refractivity contribution in [1.82, 2.24) is 10.2 Å². The fourth-order valence-electron chi connectivity index (χ4n) is 3.94. The summed E-state index contributed by atoms with van der Waals surface area (Å²) in [4.78, 5) is 27.7. The number of hydrogen-bond donors (Lipinski definition) is 5. The Morgan fingerprint density at radius 1 is 1.06 bits per heavy atom. The maximum atomic E-state index is 13.1. The average molecular weight is 484 g/mol. The number of nitrogens with zero attached hydrogens (tertiary/aromatic N) is 1. The van der Waals surface area contributed by atoms with E-state index in [0.29, 0.717) is 17.7 Å². The van der Waals surface area contributed by atoms with Crippen LogP contribution in [0, 0.1) is 5.41 Å². The maximum Gasteiger partial charge on any atom is 0.352 e. The average Bonchev–Trinajstić information content (AvgIpc) is 2.89. The van der Waals surface area contributed by atoms with E-state index in [1.54, 1.807) is 48.5 Å². The molecular formula is C25H33N5O5. The highest BCUT2D eigenvalue weighted by Gasteiger charge is 2.53. The van der Waals surface area contributed by atoms with Crippen molar-refractivity contribution in [3.63, 3.8) is 0 Å².